The van der Waals surface area contributed by atoms with Gasteiger partial charge in [0.15, 0.2) is 5.76 Å². The molecule has 0 radical (unpaired) electrons. The van der Waals surface area contributed by atoms with Crippen molar-refractivity contribution in [3.8, 4) is 11.5 Å². The summed E-state index contributed by atoms with van der Waals surface area (Å²) in [5.74, 6) is 0.784. The number of carbonyl (C=O) groups is 2. The molecule has 1 atom stereocenters. The lowest BCUT2D eigenvalue weighted by molar-refractivity contribution is -0.125. The van der Waals surface area contributed by atoms with E-state index in [9.17, 15) is 9.59 Å². The van der Waals surface area contributed by atoms with E-state index in [0.29, 0.717) is 30.1 Å². The summed E-state index contributed by atoms with van der Waals surface area (Å²) in [6, 6.07) is 10.8. The van der Waals surface area contributed by atoms with Crippen LogP contribution in [0.25, 0.3) is 22.5 Å². The largest absolute Gasteiger partial charge is 0.453 e. The Morgan fingerprint density at radius 1 is 1.29 bits per heavy atom. The van der Waals surface area contributed by atoms with Crippen LogP contribution in [0.1, 0.15) is 18.5 Å². The fourth-order valence-electron chi connectivity index (χ4n) is 2.73. The van der Waals surface area contributed by atoms with E-state index in [0.717, 1.165) is 11.0 Å². The van der Waals surface area contributed by atoms with Gasteiger partial charge in [0.25, 0.3) is 0 Å². The van der Waals surface area contributed by atoms with Crippen LogP contribution in [0.4, 0.5) is 0 Å². The van der Waals surface area contributed by atoms with Crippen molar-refractivity contribution < 1.29 is 18.5 Å². The second-order valence-corrected chi connectivity index (χ2v) is 5.71. The molecule has 2 amide bonds. The number of hydrogen-bond donors (Lipinski definition) is 2. The van der Waals surface area contributed by atoms with Crippen molar-refractivity contribution >= 4 is 22.8 Å². The smallest absolute Gasteiger partial charge is 0.242 e. The van der Waals surface area contributed by atoms with Crippen molar-refractivity contribution in [2.75, 3.05) is 0 Å². The van der Waals surface area contributed by atoms with Gasteiger partial charge >= 0.3 is 0 Å². The number of hydrogen-bond acceptors (Lipinski definition) is 5. The summed E-state index contributed by atoms with van der Waals surface area (Å²) in [6.07, 6.45) is 0.909. The van der Waals surface area contributed by atoms with Crippen LogP contribution in [0, 0.1) is 0 Å². The summed E-state index contributed by atoms with van der Waals surface area (Å²) in [4.78, 5) is 23.1. The van der Waals surface area contributed by atoms with Gasteiger partial charge in [-0.25, -0.2) is 0 Å². The zero-order valence-corrected chi connectivity index (χ0v) is 12.7. The molecule has 0 saturated carbocycles. The Hall–Kier alpha value is -3.09. The molecule has 0 bridgehead atoms. The Kier molecular flexibility index (Phi) is 3.53. The molecule has 7 nitrogen and oxygen atoms in total. The van der Waals surface area contributed by atoms with Gasteiger partial charge in [-0.1, -0.05) is 23.4 Å². The molecule has 1 fully saturated rings. The number of nitrogens with one attached hydrogen (secondary N) is 2. The average Bonchev–Trinajstić information content (AvgIpc) is 3.31. The summed E-state index contributed by atoms with van der Waals surface area (Å²) in [7, 11) is 0. The van der Waals surface area contributed by atoms with E-state index >= 15 is 0 Å². The van der Waals surface area contributed by atoms with Crippen molar-refractivity contribution in [2.24, 2.45) is 0 Å². The Bertz CT molecular complexity index is 878. The van der Waals surface area contributed by atoms with Gasteiger partial charge < -0.3 is 19.6 Å². The van der Waals surface area contributed by atoms with Gasteiger partial charge in [0.05, 0.1) is 6.54 Å². The number of para-hydroxylation sites is 1. The van der Waals surface area contributed by atoms with Gasteiger partial charge in [-0.3, -0.25) is 9.59 Å². The van der Waals surface area contributed by atoms with Crippen molar-refractivity contribution in [3.63, 3.8) is 0 Å². The summed E-state index contributed by atoms with van der Waals surface area (Å²) in [5, 5.41) is 10.3. The first-order valence-corrected chi connectivity index (χ1v) is 7.71. The van der Waals surface area contributed by atoms with Gasteiger partial charge in [0, 0.05) is 17.9 Å². The monoisotopic (exact) mass is 325 g/mol. The molecular formula is C17H15N3O4. The highest BCUT2D eigenvalue weighted by Gasteiger charge is 2.27. The molecule has 3 heterocycles. The molecule has 7 heteroatoms. The van der Waals surface area contributed by atoms with E-state index in [1.165, 1.54) is 0 Å². The van der Waals surface area contributed by atoms with E-state index in [-0.39, 0.29) is 18.4 Å². The van der Waals surface area contributed by atoms with Gasteiger partial charge in [0.2, 0.25) is 17.6 Å². The number of furan rings is 1. The molecule has 2 aromatic heterocycles. The van der Waals surface area contributed by atoms with E-state index in [4.69, 9.17) is 8.94 Å². The van der Waals surface area contributed by atoms with E-state index in [1.807, 2.05) is 30.3 Å². The van der Waals surface area contributed by atoms with Gasteiger partial charge in [-0.2, -0.15) is 0 Å². The second kappa shape index (κ2) is 5.84. The van der Waals surface area contributed by atoms with Gasteiger partial charge in [-0.15, -0.1) is 0 Å². The third-order valence-electron chi connectivity index (χ3n) is 3.98. The van der Waals surface area contributed by atoms with Crippen LogP contribution in [-0.2, 0) is 16.1 Å². The summed E-state index contributed by atoms with van der Waals surface area (Å²) in [5.41, 5.74) is 1.36. The topological polar surface area (TPSA) is 97.4 Å². The maximum absolute atomic E-state index is 12.0. The molecule has 0 aliphatic carbocycles. The molecule has 4 rings (SSSR count). The zero-order chi connectivity index (χ0) is 16.5. The van der Waals surface area contributed by atoms with Crippen LogP contribution in [0.3, 0.4) is 0 Å². The first kappa shape index (κ1) is 14.5. The Balaban J connectivity index is 1.43. The normalized spacial score (nSPS) is 17.2. The number of nitrogens with zero attached hydrogens (tertiary/aromatic N) is 1. The van der Waals surface area contributed by atoms with E-state index < -0.39 is 6.04 Å². The highest BCUT2D eigenvalue weighted by Crippen LogP contribution is 2.28. The van der Waals surface area contributed by atoms with Gasteiger partial charge in [-0.05, 0) is 18.6 Å². The molecule has 1 aliphatic rings. The first-order chi connectivity index (χ1) is 11.7. The predicted octanol–water partition coefficient (Wildman–Crippen LogP) is 1.98. The Labute approximate surface area is 137 Å². The highest BCUT2D eigenvalue weighted by molar-refractivity contribution is 5.90. The van der Waals surface area contributed by atoms with Crippen molar-refractivity contribution in [1.82, 2.24) is 15.8 Å². The molecule has 0 spiro atoms. The van der Waals surface area contributed by atoms with Crippen LogP contribution in [-0.4, -0.2) is 23.0 Å². The minimum absolute atomic E-state index is 0.0937. The molecular weight excluding hydrogens is 310 g/mol. The molecule has 1 aliphatic heterocycles. The molecule has 24 heavy (non-hydrogen) atoms. The Morgan fingerprint density at radius 3 is 2.96 bits per heavy atom. The number of amides is 2. The predicted molar refractivity (Wildman–Crippen MR) is 84.7 cm³/mol. The number of benzene rings is 1. The van der Waals surface area contributed by atoms with Crippen LogP contribution < -0.4 is 10.6 Å². The maximum atomic E-state index is 12.0. The third kappa shape index (κ3) is 2.76. The quantitative estimate of drug-likeness (QED) is 0.764. The van der Waals surface area contributed by atoms with Crippen LogP contribution in [0.15, 0.2) is 45.3 Å². The fourth-order valence-corrected chi connectivity index (χ4v) is 2.73. The minimum atomic E-state index is -0.459. The molecule has 122 valence electrons. The zero-order valence-electron chi connectivity index (χ0n) is 12.7. The van der Waals surface area contributed by atoms with Crippen LogP contribution >= 0.6 is 0 Å². The molecule has 0 unspecified atom stereocenters. The summed E-state index contributed by atoms with van der Waals surface area (Å²) in [6.45, 7) is 0.231. The first-order valence-electron chi connectivity index (χ1n) is 7.71. The van der Waals surface area contributed by atoms with Crippen molar-refractivity contribution in [2.45, 2.75) is 25.4 Å². The molecule has 2 N–H and O–H groups in total. The number of aromatic nitrogens is 1. The van der Waals surface area contributed by atoms with E-state index in [2.05, 4.69) is 15.8 Å². The standard InChI is InChI=1S/C17H15N3O4/c21-16-6-5-12(19-16)17(22)18-9-11-8-15(24-20-11)14-7-10-3-1-2-4-13(10)23-14/h1-4,7-8,12H,5-6,9H2,(H,18,22)(H,19,21)/t12-/m0/s1. The lowest BCUT2D eigenvalue weighted by atomic mass is 10.2. The lowest BCUT2D eigenvalue weighted by Gasteiger charge is -2.09. The minimum Gasteiger partial charge on any atom is -0.453 e. The van der Waals surface area contributed by atoms with Crippen molar-refractivity contribution in [1.29, 1.82) is 0 Å². The summed E-state index contributed by atoms with van der Waals surface area (Å²) < 4.78 is 11.0. The number of fused-ring (bicyclic) bond motifs is 1. The van der Waals surface area contributed by atoms with Crippen molar-refractivity contribution in [3.05, 3.63) is 42.1 Å². The molecule has 1 aromatic carbocycles. The molecule has 1 saturated heterocycles. The van der Waals surface area contributed by atoms with E-state index in [1.54, 1.807) is 6.07 Å². The SMILES string of the molecule is O=C1CC[C@@H](C(=O)NCc2cc(-c3cc4ccccc4o3)on2)N1. The van der Waals surface area contributed by atoms with Crippen LogP contribution in [0.5, 0.6) is 0 Å². The van der Waals surface area contributed by atoms with Gasteiger partial charge in [0.1, 0.15) is 17.3 Å². The highest BCUT2D eigenvalue weighted by atomic mass is 16.5. The van der Waals surface area contributed by atoms with Crippen LogP contribution in [0.2, 0.25) is 0 Å². The number of carbonyl (C=O) groups excluding carboxylic acids is 2. The second-order valence-electron chi connectivity index (χ2n) is 5.71. The molecule has 3 aromatic rings. The summed E-state index contributed by atoms with van der Waals surface area (Å²) >= 11 is 0. The fraction of sp³-hybridized carbons (Fsp3) is 0.235. The third-order valence-corrected chi connectivity index (χ3v) is 3.98. The number of rotatable bonds is 4. The Morgan fingerprint density at radius 2 is 2.17 bits per heavy atom. The lowest BCUT2D eigenvalue weighted by Crippen LogP contribution is -2.41. The average molecular weight is 325 g/mol. The maximum Gasteiger partial charge on any atom is 0.242 e.